The molecule has 1 atom stereocenters. The Kier molecular flexibility index (Phi) is 4.16. The first-order chi connectivity index (χ1) is 6.25. The van der Waals surface area contributed by atoms with Gasteiger partial charge in [0.05, 0.1) is 0 Å². The third-order valence-electron chi connectivity index (χ3n) is 2.67. The fraction of sp³-hybridized carbons (Fsp3) is 0.727. The van der Waals surface area contributed by atoms with Crippen molar-refractivity contribution in [3.63, 3.8) is 0 Å². The number of rotatable bonds is 3. The van der Waals surface area contributed by atoms with Crippen LogP contribution < -0.4 is 0 Å². The predicted molar refractivity (Wildman–Crippen MR) is 52.4 cm³/mol. The molecular formula is C11H18O2. The number of Topliss-reactive ketones (excluding diaryl/α,β-unsaturated/α-hetero) is 1. The average Bonchev–Trinajstić information content (AvgIpc) is 2.18. The smallest absolute Gasteiger partial charge is 0.168 e. The van der Waals surface area contributed by atoms with Crippen LogP contribution in [0.1, 0.15) is 39.0 Å². The van der Waals surface area contributed by atoms with Crippen molar-refractivity contribution in [2.75, 3.05) is 0 Å². The largest absolute Gasteiger partial charge is 0.381 e. The van der Waals surface area contributed by atoms with Gasteiger partial charge in [-0.05, 0) is 19.8 Å². The van der Waals surface area contributed by atoms with Crippen molar-refractivity contribution in [1.82, 2.24) is 0 Å². The number of aliphatic hydroxyl groups excluding tert-OH is 1. The van der Waals surface area contributed by atoms with Crippen LogP contribution in [0.5, 0.6) is 0 Å². The van der Waals surface area contributed by atoms with E-state index in [0.29, 0.717) is 0 Å². The van der Waals surface area contributed by atoms with E-state index in [1.165, 1.54) is 6.42 Å². The number of aliphatic hydroxyl groups is 1. The van der Waals surface area contributed by atoms with Gasteiger partial charge in [-0.1, -0.05) is 31.4 Å². The van der Waals surface area contributed by atoms with Gasteiger partial charge >= 0.3 is 0 Å². The molecule has 1 saturated carbocycles. The zero-order valence-corrected chi connectivity index (χ0v) is 8.20. The summed E-state index contributed by atoms with van der Waals surface area (Å²) in [4.78, 5) is 11.6. The Morgan fingerprint density at radius 2 is 2.00 bits per heavy atom. The van der Waals surface area contributed by atoms with Crippen LogP contribution in [-0.4, -0.2) is 17.0 Å². The first kappa shape index (κ1) is 10.5. The summed E-state index contributed by atoms with van der Waals surface area (Å²) in [5, 5.41) is 9.43. The van der Waals surface area contributed by atoms with Gasteiger partial charge in [-0.3, -0.25) is 4.79 Å². The van der Waals surface area contributed by atoms with Gasteiger partial charge < -0.3 is 5.11 Å². The molecule has 0 radical (unpaired) electrons. The zero-order chi connectivity index (χ0) is 9.68. The van der Waals surface area contributed by atoms with E-state index in [1.807, 2.05) is 6.92 Å². The van der Waals surface area contributed by atoms with Crippen molar-refractivity contribution < 1.29 is 9.90 Å². The highest BCUT2D eigenvalue weighted by molar-refractivity contribution is 5.86. The minimum Gasteiger partial charge on any atom is -0.381 e. The minimum absolute atomic E-state index is 0.0119. The van der Waals surface area contributed by atoms with Gasteiger partial charge in [0.25, 0.3) is 0 Å². The summed E-state index contributed by atoms with van der Waals surface area (Å²) in [7, 11) is 0. The molecule has 0 aromatic carbocycles. The Hall–Kier alpha value is -0.630. The van der Waals surface area contributed by atoms with Crippen LogP contribution in [-0.2, 0) is 4.79 Å². The maximum atomic E-state index is 11.6. The second kappa shape index (κ2) is 5.18. The van der Waals surface area contributed by atoms with Crippen molar-refractivity contribution in [3.05, 3.63) is 12.2 Å². The maximum absolute atomic E-state index is 11.6. The molecule has 0 bridgehead atoms. The normalized spacial score (nSPS) is 22.0. The highest BCUT2D eigenvalue weighted by Crippen LogP contribution is 2.25. The molecule has 0 saturated heterocycles. The molecule has 0 aromatic heterocycles. The summed E-state index contributed by atoms with van der Waals surface area (Å²) in [5.74, 6) is 0.123. The Morgan fingerprint density at radius 1 is 1.38 bits per heavy atom. The standard InChI is InChI=1S/C11H18O2/c1-2-6-10(12)11(13)9-7-4-3-5-8-9/h2,6,9-10,12H,3-5,7-8H2,1H3/b6-2+. The number of allylic oxidation sites excluding steroid dienone is 1. The quantitative estimate of drug-likeness (QED) is 0.678. The van der Waals surface area contributed by atoms with Gasteiger partial charge in [0.2, 0.25) is 0 Å². The lowest BCUT2D eigenvalue weighted by Gasteiger charge is -2.21. The average molecular weight is 182 g/mol. The fourth-order valence-electron chi connectivity index (χ4n) is 1.91. The topological polar surface area (TPSA) is 37.3 Å². The number of carbonyl (C=O) groups is 1. The van der Waals surface area contributed by atoms with Gasteiger partial charge in [-0.2, -0.15) is 0 Å². The highest BCUT2D eigenvalue weighted by atomic mass is 16.3. The Morgan fingerprint density at radius 3 is 2.54 bits per heavy atom. The van der Waals surface area contributed by atoms with Crippen molar-refractivity contribution >= 4 is 5.78 Å². The summed E-state index contributed by atoms with van der Waals surface area (Å²) in [6.07, 6.45) is 7.87. The number of hydrogen-bond donors (Lipinski definition) is 1. The molecule has 1 unspecified atom stereocenters. The van der Waals surface area contributed by atoms with Gasteiger partial charge in [-0.25, -0.2) is 0 Å². The number of hydrogen-bond acceptors (Lipinski definition) is 2. The van der Waals surface area contributed by atoms with Gasteiger partial charge in [-0.15, -0.1) is 0 Å². The first-order valence-corrected chi connectivity index (χ1v) is 5.10. The molecule has 1 fully saturated rings. The van der Waals surface area contributed by atoms with Crippen LogP contribution in [0.25, 0.3) is 0 Å². The first-order valence-electron chi connectivity index (χ1n) is 5.10. The Bertz CT molecular complexity index is 190. The molecular weight excluding hydrogens is 164 g/mol. The molecule has 2 heteroatoms. The van der Waals surface area contributed by atoms with Crippen LogP contribution in [0.4, 0.5) is 0 Å². The van der Waals surface area contributed by atoms with Gasteiger partial charge in [0.1, 0.15) is 6.10 Å². The molecule has 0 aliphatic heterocycles. The number of ketones is 1. The molecule has 0 spiro atoms. The minimum atomic E-state index is -0.868. The molecule has 0 aromatic rings. The lowest BCUT2D eigenvalue weighted by atomic mass is 9.84. The van der Waals surface area contributed by atoms with E-state index in [2.05, 4.69) is 0 Å². The van der Waals surface area contributed by atoms with E-state index >= 15 is 0 Å². The van der Waals surface area contributed by atoms with Gasteiger partial charge in [0, 0.05) is 5.92 Å². The van der Waals surface area contributed by atoms with Crippen LogP contribution in [0.2, 0.25) is 0 Å². The van der Waals surface area contributed by atoms with E-state index in [1.54, 1.807) is 12.2 Å². The molecule has 13 heavy (non-hydrogen) atoms. The molecule has 1 N–H and O–H groups in total. The maximum Gasteiger partial charge on any atom is 0.168 e. The SMILES string of the molecule is C/C=C/C(O)C(=O)C1CCCCC1. The van der Waals surface area contributed by atoms with Crippen molar-refractivity contribution in [2.45, 2.75) is 45.1 Å². The second-order valence-electron chi connectivity index (χ2n) is 3.71. The summed E-state index contributed by atoms with van der Waals surface area (Å²) < 4.78 is 0. The van der Waals surface area contributed by atoms with Crippen molar-refractivity contribution in [1.29, 1.82) is 0 Å². The zero-order valence-electron chi connectivity index (χ0n) is 8.20. The molecule has 74 valence electrons. The highest BCUT2D eigenvalue weighted by Gasteiger charge is 2.24. The monoisotopic (exact) mass is 182 g/mol. The van der Waals surface area contributed by atoms with E-state index in [0.717, 1.165) is 25.7 Å². The summed E-state index contributed by atoms with van der Waals surface area (Å²) in [5.41, 5.74) is 0. The summed E-state index contributed by atoms with van der Waals surface area (Å²) >= 11 is 0. The van der Waals surface area contributed by atoms with E-state index in [9.17, 15) is 9.90 Å². The van der Waals surface area contributed by atoms with E-state index < -0.39 is 6.10 Å². The lowest BCUT2D eigenvalue weighted by molar-refractivity contribution is -0.129. The van der Waals surface area contributed by atoms with Crippen LogP contribution in [0.15, 0.2) is 12.2 Å². The molecule has 2 nitrogen and oxygen atoms in total. The Balaban J connectivity index is 2.45. The predicted octanol–water partition coefficient (Wildman–Crippen LogP) is 2.07. The number of carbonyl (C=O) groups excluding carboxylic acids is 1. The third-order valence-corrected chi connectivity index (χ3v) is 2.67. The summed E-state index contributed by atoms with van der Waals surface area (Å²) in [6, 6.07) is 0. The van der Waals surface area contributed by atoms with E-state index in [-0.39, 0.29) is 11.7 Å². The lowest BCUT2D eigenvalue weighted by Crippen LogP contribution is -2.27. The molecule has 1 aliphatic carbocycles. The molecule has 1 aliphatic rings. The molecule has 0 amide bonds. The fourth-order valence-corrected chi connectivity index (χ4v) is 1.91. The second-order valence-corrected chi connectivity index (χ2v) is 3.71. The Labute approximate surface area is 79.6 Å². The van der Waals surface area contributed by atoms with Crippen molar-refractivity contribution in [2.24, 2.45) is 5.92 Å². The van der Waals surface area contributed by atoms with Crippen LogP contribution >= 0.6 is 0 Å². The summed E-state index contributed by atoms with van der Waals surface area (Å²) in [6.45, 7) is 1.82. The van der Waals surface area contributed by atoms with Crippen LogP contribution in [0, 0.1) is 5.92 Å². The molecule has 1 rings (SSSR count). The van der Waals surface area contributed by atoms with Gasteiger partial charge in [0.15, 0.2) is 5.78 Å². The van der Waals surface area contributed by atoms with Crippen molar-refractivity contribution in [3.8, 4) is 0 Å². The third kappa shape index (κ3) is 2.96. The van der Waals surface area contributed by atoms with Crippen LogP contribution in [0.3, 0.4) is 0 Å². The van der Waals surface area contributed by atoms with E-state index in [4.69, 9.17) is 0 Å². The molecule has 0 heterocycles.